The highest BCUT2D eigenvalue weighted by Crippen LogP contribution is 1.98. The van der Waals surface area contributed by atoms with Crippen molar-refractivity contribution in [3.63, 3.8) is 0 Å². The fraction of sp³-hybridized carbons (Fsp3) is 0.526. The molecule has 0 aromatic heterocycles. The first-order chi connectivity index (χ1) is 12.1. The van der Waals surface area contributed by atoms with Crippen molar-refractivity contribution in [3.8, 4) is 0 Å². The van der Waals surface area contributed by atoms with Gasteiger partial charge in [0.05, 0.1) is 0 Å². The smallest absolute Gasteiger partial charge is 0.333 e. The minimum Gasteiger partial charge on any atom is -0.461 e. The predicted molar refractivity (Wildman–Crippen MR) is 100 cm³/mol. The summed E-state index contributed by atoms with van der Waals surface area (Å²) in [6, 6.07) is 0. The van der Waals surface area contributed by atoms with Crippen LogP contribution in [0, 0.1) is 0 Å². The Morgan fingerprint density at radius 1 is 0.808 bits per heavy atom. The maximum Gasteiger partial charge on any atom is 0.333 e. The molecular weight excluding hydrogens is 336 g/mol. The highest BCUT2D eigenvalue weighted by Gasteiger charge is 2.10. The van der Waals surface area contributed by atoms with Crippen molar-refractivity contribution in [2.45, 2.75) is 27.2 Å². The normalized spacial score (nSPS) is 10.2. The van der Waals surface area contributed by atoms with Gasteiger partial charge in [-0.25, -0.2) is 9.59 Å². The molecule has 0 saturated heterocycles. The van der Waals surface area contributed by atoms with E-state index < -0.39 is 11.9 Å². The van der Waals surface area contributed by atoms with E-state index in [0.717, 1.165) is 0 Å². The van der Waals surface area contributed by atoms with Crippen LogP contribution in [0.1, 0.15) is 27.2 Å². The quantitative estimate of drug-likeness (QED) is 0.303. The second-order valence-electron chi connectivity index (χ2n) is 6.06. The van der Waals surface area contributed by atoms with Gasteiger partial charge in [0.25, 0.3) is 0 Å². The summed E-state index contributed by atoms with van der Waals surface area (Å²) in [5.41, 5.74) is 1.14. The molecule has 0 aromatic carbocycles. The van der Waals surface area contributed by atoms with Gasteiger partial charge >= 0.3 is 11.9 Å². The van der Waals surface area contributed by atoms with Gasteiger partial charge in [-0.15, -0.1) is 0 Å². The van der Waals surface area contributed by atoms with Crippen LogP contribution in [0.15, 0.2) is 36.5 Å². The standard InChI is InChI=1S/C19H30N2O5/c1-14(2)17(22)20-8-7-9-21(10-12-25-18(23)15(3)4)11-13-26-19(24)16(5)6/h1,3,5,7-13H2,2,4,6H3,(H,20,22). The molecular formula is C19H30N2O5. The van der Waals surface area contributed by atoms with Crippen LogP contribution in [0.5, 0.6) is 0 Å². The molecule has 1 N–H and O–H groups in total. The van der Waals surface area contributed by atoms with E-state index in [1.165, 1.54) is 0 Å². The molecule has 0 bridgehead atoms. The van der Waals surface area contributed by atoms with Gasteiger partial charge in [0.1, 0.15) is 13.2 Å². The van der Waals surface area contributed by atoms with E-state index >= 15 is 0 Å². The third-order valence-electron chi connectivity index (χ3n) is 3.30. The molecule has 0 spiro atoms. The number of rotatable bonds is 13. The number of carbonyl (C=O) groups excluding carboxylic acids is 3. The molecule has 0 unspecified atom stereocenters. The summed E-state index contributed by atoms with van der Waals surface area (Å²) in [7, 11) is 0. The van der Waals surface area contributed by atoms with E-state index in [0.29, 0.717) is 49.3 Å². The van der Waals surface area contributed by atoms with Crippen LogP contribution in [0.2, 0.25) is 0 Å². The second kappa shape index (κ2) is 12.9. The molecule has 0 aliphatic carbocycles. The van der Waals surface area contributed by atoms with E-state index in [1.54, 1.807) is 20.8 Å². The average Bonchev–Trinajstić information content (AvgIpc) is 2.56. The van der Waals surface area contributed by atoms with Gasteiger partial charge in [0, 0.05) is 42.9 Å². The van der Waals surface area contributed by atoms with Gasteiger partial charge in [-0.1, -0.05) is 19.7 Å². The van der Waals surface area contributed by atoms with Gasteiger partial charge in [-0.05, 0) is 27.2 Å². The van der Waals surface area contributed by atoms with Crippen molar-refractivity contribution < 1.29 is 23.9 Å². The minimum absolute atomic E-state index is 0.178. The third-order valence-corrected chi connectivity index (χ3v) is 3.30. The fourth-order valence-electron chi connectivity index (χ4n) is 1.77. The first kappa shape index (κ1) is 23.6. The lowest BCUT2D eigenvalue weighted by Gasteiger charge is -2.22. The summed E-state index contributed by atoms with van der Waals surface area (Å²) < 4.78 is 10.2. The number of esters is 2. The SMILES string of the molecule is C=C(C)C(=O)NCCCN(CCOC(=O)C(=C)C)CCOC(=O)C(=C)C. The number of hydrogen-bond donors (Lipinski definition) is 1. The van der Waals surface area contributed by atoms with Gasteiger partial charge in [-0.2, -0.15) is 0 Å². The number of amides is 1. The van der Waals surface area contributed by atoms with Gasteiger partial charge in [0.15, 0.2) is 0 Å². The first-order valence-corrected chi connectivity index (χ1v) is 8.46. The van der Waals surface area contributed by atoms with Crippen LogP contribution in [-0.2, 0) is 23.9 Å². The van der Waals surface area contributed by atoms with Crippen molar-refractivity contribution in [1.82, 2.24) is 10.2 Å². The van der Waals surface area contributed by atoms with Crippen LogP contribution in [0.25, 0.3) is 0 Å². The monoisotopic (exact) mass is 366 g/mol. The second-order valence-corrected chi connectivity index (χ2v) is 6.06. The highest BCUT2D eigenvalue weighted by atomic mass is 16.5. The van der Waals surface area contributed by atoms with Crippen LogP contribution < -0.4 is 5.32 Å². The summed E-state index contributed by atoms with van der Waals surface area (Å²) in [6.07, 6.45) is 0.696. The molecule has 0 saturated carbocycles. The molecule has 7 nitrogen and oxygen atoms in total. The van der Waals surface area contributed by atoms with Crippen LogP contribution in [0.4, 0.5) is 0 Å². The van der Waals surface area contributed by atoms with E-state index in [4.69, 9.17) is 9.47 Å². The van der Waals surface area contributed by atoms with Crippen LogP contribution in [-0.4, -0.2) is 62.1 Å². The lowest BCUT2D eigenvalue weighted by molar-refractivity contribution is -0.139. The lowest BCUT2D eigenvalue weighted by Crippen LogP contribution is -2.35. The Kier molecular flexibility index (Phi) is 11.7. The van der Waals surface area contributed by atoms with Gasteiger partial charge in [0.2, 0.25) is 5.91 Å². The Bertz CT molecular complexity index is 522. The fourth-order valence-corrected chi connectivity index (χ4v) is 1.77. The third kappa shape index (κ3) is 11.2. The van der Waals surface area contributed by atoms with Gasteiger partial charge < -0.3 is 14.8 Å². The molecule has 0 aliphatic rings. The maximum absolute atomic E-state index is 11.5. The molecule has 0 aromatic rings. The summed E-state index contributed by atoms with van der Waals surface area (Å²) >= 11 is 0. The Hall–Kier alpha value is -2.41. The largest absolute Gasteiger partial charge is 0.461 e. The van der Waals surface area contributed by atoms with E-state index in [1.807, 2.05) is 4.90 Å². The van der Waals surface area contributed by atoms with E-state index in [-0.39, 0.29) is 19.1 Å². The number of hydrogen-bond acceptors (Lipinski definition) is 6. The molecule has 0 rings (SSSR count). The van der Waals surface area contributed by atoms with Gasteiger partial charge in [-0.3, -0.25) is 9.69 Å². The van der Waals surface area contributed by atoms with Crippen molar-refractivity contribution >= 4 is 17.8 Å². The molecule has 0 aliphatic heterocycles. The molecule has 0 heterocycles. The van der Waals surface area contributed by atoms with Crippen molar-refractivity contribution in [3.05, 3.63) is 36.5 Å². The van der Waals surface area contributed by atoms with Crippen molar-refractivity contribution in [2.75, 3.05) is 39.4 Å². The zero-order valence-corrected chi connectivity index (χ0v) is 16.1. The summed E-state index contributed by atoms with van der Waals surface area (Å²) in [5.74, 6) is -1.05. The number of nitrogens with one attached hydrogen (secondary N) is 1. The zero-order chi connectivity index (χ0) is 20.1. The first-order valence-electron chi connectivity index (χ1n) is 8.46. The van der Waals surface area contributed by atoms with Crippen LogP contribution >= 0.6 is 0 Å². The minimum atomic E-state index is -0.438. The summed E-state index contributed by atoms with van der Waals surface area (Å²) in [5, 5.41) is 2.76. The zero-order valence-electron chi connectivity index (χ0n) is 16.1. The Morgan fingerprint density at radius 2 is 1.27 bits per heavy atom. The number of ether oxygens (including phenoxy) is 2. The number of nitrogens with zero attached hydrogens (tertiary/aromatic N) is 1. The average molecular weight is 366 g/mol. The predicted octanol–water partition coefficient (Wildman–Crippen LogP) is 1.61. The molecule has 146 valence electrons. The maximum atomic E-state index is 11.5. The highest BCUT2D eigenvalue weighted by molar-refractivity contribution is 5.92. The molecule has 0 atom stereocenters. The van der Waals surface area contributed by atoms with Crippen molar-refractivity contribution in [2.24, 2.45) is 0 Å². The molecule has 26 heavy (non-hydrogen) atoms. The molecule has 0 fully saturated rings. The van der Waals surface area contributed by atoms with E-state index in [2.05, 4.69) is 25.1 Å². The Labute approximate surface area is 155 Å². The Balaban J connectivity index is 4.33. The molecule has 7 heteroatoms. The van der Waals surface area contributed by atoms with Crippen LogP contribution in [0.3, 0.4) is 0 Å². The summed E-state index contributed by atoms with van der Waals surface area (Å²) in [4.78, 5) is 36.3. The number of carbonyl (C=O) groups is 3. The van der Waals surface area contributed by atoms with Crippen molar-refractivity contribution in [1.29, 1.82) is 0 Å². The Morgan fingerprint density at radius 3 is 1.65 bits per heavy atom. The molecule has 1 amide bonds. The topological polar surface area (TPSA) is 84.9 Å². The molecule has 0 radical (unpaired) electrons. The summed E-state index contributed by atoms with van der Waals surface area (Å²) in [6.45, 7) is 18.0. The lowest BCUT2D eigenvalue weighted by atomic mass is 10.3. The van der Waals surface area contributed by atoms with E-state index in [9.17, 15) is 14.4 Å².